The van der Waals surface area contributed by atoms with Crippen LogP contribution in [0.1, 0.15) is 25.3 Å². The molecule has 2 heteroatoms. The van der Waals surface area contributed by atoms with Gasteiger partial charge in [0.2, 0.25) is 0 Å². The smallest absolute Gasteiger partial charge is 0.115 e. The van der Waals surface area contributed by atoms with E-state index in [1.54, 1.807) is 31.2 Å². The van der Waals surface area contributed by atoms with Gasteiger partial charge in [-0.2, -0.15) is 0 Å². The summed E-state index contributed by atoms with van der Waals surface area (Å²) >= 11 is 0. The van der Waals surface area contributed by atoms with Crippen LogP contribution in [0.15, 0.2) is 73.6 Å². The molecule has 0 saturated heterocycles. The van der Waals surface area contributed by atoms with Gasteiger partial charge in [0.1, 0.15) is 5.75 Å². The first-order valence-corrected chi connectivity index (χ1v) is 6.03. The first-order chi connectivity index (χ1) is 9.04. The van der Waals surface area contributed by atoms with E-state index >= 15 is 0 Å². The topological polar surface area (TPSA) is 40.5 Å². The highest BCUT2D eigenvalue weighted by Gasteiger charge is 2.08. The molecule has 0 fully saturated rings. The highest BCUT2D eigenvalue weighted by Crippen LogP contribution is 2.26. The summed E-state index contributed by atoms with van der Waals surface area (Å²) in [6.07, 6.45) is 5.27. The molecule has 1 rings (SSSR count). The van der Waals surface area contributed by atoms with Gasteiger partial charge >= 0.3 is 0 Å². The molecule has 0 radical (unpaired) electrons. The molecule has 0 heterocycles. The molecule has 1 unspecified atom stereocenters. The summed E-state index contributed by atoms with van der Waals surface area (Å²) < 4.78 is 0. The number of benzene rings is 1. The fourth-order valence-corrected chi connectivity index (χ4v) is 1.56. The van der Waals surface area contributed by atoms with Crippen LogP contribution in [0.2, 0.25) is 0 Å². The fourth-order valence-electron chi connectivity index (χ4n) is 1.56. The Kier molecular flexibility index (Phi) is 7.78. The van der Waals surface area contributed by atoms with Gasteiger partial charge in [-0.25, -0.2) is 0 Å². The lowest BCUT2D eigenvalue weighted by atomic mass is 9.92. The second-order valence-electron chi connectivity index (χ2n) is 3.99. The molecule has 0 spiro atoms. The van der Waals surface area contributed by atoms with E-state index in [0.717, 1.165) is 11.1 Å². The third-order valence-corrected chi connectivity index (χ3v) is 2.65. The number of phenolic OH excluding ortho intramolecular Hbond substituents is 1. The lowest BCUT2D eigenvalue weighted by molar-refractivity contribution is 0.414. The van der Waals surface area contributed by atoms with Crippen LogP contribution in [-0.4, -0.2) is 10.2 Å². The summed E-state index contributed by atoms with van der Waals surface area (Å²) in [6, 6.07) is 7.10. The van der Waals surface area contributed by atoms with E-state index in [4.69, 9.17) is 5.11 Å². The van der Waals surface area contributed by atoms with E-state index in [-0.39, 0.29) is 17.4 Å². The summed E-state index contributed by atoms with van der Waals surface area (Å²) in [6.45, 7) is 13.5. The highest BCUT2D eigenvalue weighted by molar-refractivity contribution is 5.37. The molecule has 1 aromatic carbocycles. The zero-order valence-electron chi connectivity index (χ0n) is 11.6. The zero-order chi connectivity index (χ0) is 14.8. The molecule has 0 aromatic heterocycles. The molecule has 0 aliphatic heterocycles. The molecule has 2 N–H and O–H groups in total. The number of phenols is 1. The van der Waals surface area contributed by atoms with Crippen molar-refractivity contribution in [1.82, 2.24) is 0 Å². The number of hydrogen-bond donors (Lipinski definition) is 2. The third-order valence-electron chi connectivity index (χ3n) is 2.65. The minimum atomic E-state index is 0.170. The average Bonchev–Trinajstić information content (AvgIpc) is 2.42. The van der Waals surface area contributed by atoms with Crippen molar-refractivity contribution in [2.45, 2.75) is 19.8 Å². The van der Waals surface area contributed by atoms with Crippen molar-refractivity contribution in [3.05, 3.63) is 79.1 Å². The molecule has 1 aromatic rings. The molecule has 19 heavy (non-hydrogen) atoms. The summed E-state index contributed by atoms with van der Waals surface area (Å²) in [4.78, 5) is 0. The highest BCUT2D eigenvalue weighted by atomic mass is 16.3. The average molecular weight is 258 g/mol. The Labute approximate surface area is 115 Å². The second kappa shape index (κ2) is 8.81. The summed E-state index contributed by atoms with van der Waals surface area (Å²) in [7, 11) is 0. The van der Waals surface area contributed by atoms with Gasteiger partial charge in [0.25, 0.3) is 0 Å². The lowest BCUT2D eigenvalue weighted by Gasteiger charge is -2.13. The molecule has 0 saturated carbocycles. The molecule has 0 aliphatic rings. The predicted octanol–water partition coefficient (Wildman–Crippen LogP) is 4.87. The number of aromatic hydroxyl groups is 1. The number of aliphatic hydroxyl groups excluding tert-OH is 1. The quantitative estimate of drug-likeness (QED) is 0.459. The molecule has 102 valence electrons. The number of aliphatic hydroxyl groups is 1. The van der Waals surface area contributed by atoms with E-state index in [0.29, 0.717) is 0 Å². The van der Waals surface area contributed by atoms with Gasteiger partial charge in [-0.1, -0.05) is 37.8 Å². The van der Waals surface area contributed by atoms with Gasteiger partial charge in [0.15, 0.2) is 0 Å². The van der Waals surface area contributed by atoms with E-state index < -0.39 is 0 Å². The molecular formula is C17H22O2. The van der Waals surface area contributed by atoms with Crippen molar-refractivity contribution in [3.63, 3.8) is 0 Å². The zero-order valence-corrected chi connectivity index (χ0v) is 11.6. The summed E-state index contributed by atoms with van der Waals surface area (Å²) in [5, 5.41) is 18.4. The van der Waals surface area contributed by atoms with E-state index in [2.05, 4.69) is 26.7 Å². The normalized spacial score (nSPS) is 13.2. The Bertz CT molecular complexity index is 449. The maximum Gasteiger partial charge on any atom is 0.115 e. The maximum absolute atomic E-state index is 9.23. The van der Waals surface area contributed by atoms with Gasteiger partial charge in [-0.15, -0.1) is 13.2 Å². The van der Waals surface area contributed by atoms with Crippen molar-refractivity contribution in [2.75, 3.05) is 0 Å². The van der Waals surface area contributed by atoms with Crippen LogP contribution in [0.5, 0.6) is 5.75 Å². The maximum atomic E-state index is 9.23. The first kappa shape index (κ1) is 16.8. The van der Waals surface area contributed by atoms with Crippen molar-refractivity contribution >= 4 is 0 Å². The Balaban J connectivity index is 0.00000154. The molecule has 0 bridgehead atoms. The Morgan fingerprint density at radius 1 is 1.16 bits per heavy atom. The van der Waals surface area contributed by atoms with Crippen LogP contribution in [0.3, 0.4) is 0 Å². The van der Waals surface area contributed by atoms with Crippen molar-refractivity contribution in [2.24, 2.45) is 0 Å². The van der Waals surface area contributed by atoms with Crippen molar-refractivity contribution in [3.8, 4) is 5.75 Å². The largest absolute Gasteiger partial charge is 0.513 e. The summed E-state index contributed by atoms with van der Waals surface area (Å²) in [5.74, 6) is 0.696. The van der Waals surface area contributed by atoms with Gasteiger partial charge < -0.3 is 10.2 Å². The second-order valence-corrected chi connectivity index (χ2v) is 3.99. The van der Waals surface area contributed by atoms with Crippen LogP contribution in [0.4, 0.5) is 0 Å². The number of hydrogen-bond acceptors (Lipinski definition) is 2. The van der Waals surface area contributed by atoms with E-state index in [1.165, 1.54) is 0 Å². The molecule has 0 amide bonds. The van der Waals surface area contributed by atoms with Gasteiger partial charge in [-0.05, 0) is 36.3 Å². The number of allylic oxidation sites excluding steroid dienone is 5. The number of rotatable bonds is 4. The van der Waals surface area contributed by atoms with Crippen molar-refractivity contribution in [1.29, 1.82) is 0 Å². The summed E-state index contributed by atoms with van der Waals surface area (Å²) in [5.41, 5.74) is 2.11. The van der Waals surface area contributed by atoms with Crippen LogP contribution in [-0.2, 0) is 0 Å². The minimum absolute atomic E-state index is 0.170. The lowest BCUT2D eigenvalue weighted by Crippen LogP contribution is -1.95. The Hall–Kier alpha value is -2.22. The van der Waals surface area contributed by atoms with E-state index in [9.17, 15) is 5.11 Å². The van der Waals surface area contributed by atoms with Gasteiger partial charge in [0.05, 0.1) is 5.76 Å². The van der Waals surface area contributed by atoms with Crippen LogP contribution >= 0.6 is 0 Å². The van der Waals surface area contributed by atoms with Gasteiger partial charge in [-0.3, -0.25) is 0 Å². The standard InChI is InChI=1S/C15H18O2.C2H4/c1-4-13(6-5-11(2)16)12(3)14-7-9-15(17)10-8-14;1-2/h4-10,12,16-17H,1H2,2-3H3;1-2H2/b11-5+,13-6+;. The molecular weight excluding hydrogens is 236 g/mol. The Morgan fingerprint density at radius 3 is 2.11 bits per heavy atom. The SMILES string of the molecule is C=C.C=C/C(=C\C=C(/C)O)C(C)c1ccc(O)cc1. The Morgan fingerprint density at radius 2 is 1.68 bits per heavy atom. The molecule has 0 aliphatic carbocycles. The van der Waals surface area contributed by atoms with Crippen molar-refractivity contribution < 1.29 is 10.2 Å². The third kappa shape index (κ3) is 5.77. The van der Waals surface area contributed by atoms with Crippen LogP contribution in [0, 0.1) is 0 Å². The van der Waals surface area contributed by atoms with Gasteiger partial charge in [0, 0.05) is 5.92 Å². The fraction of sp³-hybridized carbons (Fsp3) is 0.176. The first-order valence-electron chi connectivity index (χ1n) is 6.03. The van der Waals surface area contributed by atoms with Crippen LogP contribution in [0.25, 0.3) is 0 Å². The molecule has 2 nitrogen and oxygen atoms in total. The molecule has 1 atom stereocenters. The van der Waals surface area contributed by atoms with E-state index in [1.807, 2.05) is 18.2 Å². The minimum Gasteiger partial charge on any atom is -0.513 e. The monoisotopic (exact) mass is 258 g/mol. The van der Waals surface area contributed by atoms with Crippen LogP contribution < -0.4 is 0 Å². The predicted molar refractivity (Wildman–Crippen MR) is 82.4 cm³/mol.